The molecule has 0 saturated carbocycles. The van der Waals surface area contributed by atoms with Crippen molar-refractivity contribution in [3.63, 3.8) is 0 Å². The lowest BCUT2D eigenvalue weighted by molar-refractivity contribution is 0.0955. The molecule has 0 aliphatic heterocycles. The standard InChI is InChI=1S/C12H18N2O/c1-9(13-2)12(15)10-5-7-11(8-6-10)14(3)4/h5-9,13H,1-4H3. The van der Waals surface area contributed by atoms with E-state index >= 15 is 0 Å². The molecule has 1 N–H and O–H groups in total. The summed E-state index contributed by atoms with van der Waals surface area (Å²) in [4.78, 5) is 13.8. The van der Waals surface area contributed by atoms with Crippen LogP contribution >= 0.6 is 0 Å². The Morgan fingerprint density at radius 2 is 1.80 bits per heavy atom. The number of hydrogen-bond acceptors (Lipinski definition) is 3. The summed E-state index contributed by atoms with van der Waals surface area (Å²) in [5, 5.41) is 2.94. The van der Waals surface area contributed by atoms with E-state index in [4.69, 9.17) is 0 Å². The van der Waals surface area contributed by atoms with Crippen LogP contribution in [-0.2, 0) is 0 Å². The van der Waals surface area contributed by atoms with E-state index in [0.717, 1.165) is 11.3 Å². The monoisotopic (exact) mass is 206 g/mol. The molecule has 0 amide bonds. The second kappa shape index (κ2) is 4.94. The van der Waals surface area contributed by atoms with Crippen LogP contribution in [0, 0.1) is 0 Å². The van der Waals surface area contributed by atoms with Gasteiger partial charge < -0.3 is 10.2 Å². The zero-order valence-electron chi connectivity index (χ0n) is 9.74. The third-order valence-corrected chi connectivity index (χ3v) is 2.49. The fraction of sp³-hybridized carbons (Fsp3) is 0.417. The van der Waals surface area contributed by atoms with Gasteiger partial charge in [-0.15, -0.1) is 0 Å². The number of carbonyl (C=O) groups is 1. The first-order valence-electron chi connectivity index (χ1n) is 5.05. The number of nitrogens with one attached hydrogen (secondary N) is 1. The molecule has 0 fully saturated rings. The molecule has 1 aromatic carbocycles. The van der Waals surface area contributed by atoms with Gasteiger partial charge in [-0.2, -0.15) is 0 Å². The Morgan fingerprint density at radius 1 is 1.27 bits per heavy atom. The smallest absolute Gasteiger partial charge is 0.179 e. The number of benzene rings is 1. The lowest BCUT2D eigenvalue weighted by Gasteiger charge is -2.13. The first-order chi connectivity index (χ1) is 7.06. The van der Waals surface area contributed by atoms with Crippen LogP contribution < -0.4 is 10.2 Å². The molecule has 3 heteroatoms. The summed E-state index contributed by atoms with van der Waals surface area (Å²) in [6, 6.07) is 7.51. The molecule has 1 atom stereocenters. The summed E-state index contributed by atoms with van der Waals surface area (Å²) in [6.45, 7) is 1.86. The van der Waals surface area contributed by atoms with E-state index in [2.05, 4.69) is 5.32 Å². The van der Waals surface area contributed by atoms with Crippen molar-refractivity contribution in [1.82, 2.24) is 5.32 Å². The number of Topliss-reactive ketones (excluding diaryl/α,β-unsaturated/α-hetero) is 1. The number of anilines is 1. The Labute approximate surface area is 91.1 Å². The molecule has 0 spiro atoms. The fourth-order valence-corrected chi connectivity index (χ4v) is 1.30. The van der Waals surface area contributed by atoms with E-state index in [1.165, 1.54) is 0 Å². The Morgan fingerprint density at radius 3 is 2.20 bits per heavy atom. The predicted molar refractivity (Wildman–Crippen MR) is 63.6 cm³/mol. The predicted octanol–water partition coefficient (Wildman–Crippen LogP) is 1.54. The minimum atomic E-state index is -0.129. The molecule has 1 aromatic rings. The zero-order valence-corrected chi connectivity index (χ0v) is 9.74. The van der Waals surface area contributed by atoms with Crippen LogP contribution in [0.3, 0.4) is 0 Å². The van der Waals surface area contributed by atoms with Gasteiger partial charge in [-0.25, -0.2) is 0 Å². The Kier molecular flexibility index (Phi) is 3.86. The van der Waals surface area contributed by atoms with Gasteiger partial charge >= 0.3 is 0 Å². The summed E-state index contributed by atoms with van der Waals surface area (Å²) in [6.07, 6.45) is 0. The molecular weight excluding hydrogens is 188 g/mol. The van der Waals surface area contributed by atoms with Crippen molar-refractivity contribution in [2.75, 3.05) is 26.0 Å². The van der Waals surface area contributed by atoms with E-state index in [1.54, 1.807) is 7.05 Å². The van der Waals surface area contributed by atoms with Crippen molar-refractivity contribution < 1.29 is 4.79 Å². The number of nitrogens with zero attached hydrogens (tertiary/aromatic N) is 1. The molecule has 3 nitrogen and oxygen atoms in total. The van der Waals surface area contributed by atoms with Gasteiger partial charge in [-0.1, -0.05) is 0 Å². The molecule has 0 aliphatic carbocycles. The lowest BCUT2D eigenvalue weighted by atomic mass is 10.1. The van der Waals surface area contributed by atoms with Gasteiger partial charge in [0.2, 0.25) is 0 Å². The number of rotatable bonds is 4. The molecule has 0 bridgehead atoms. The van der Waals surface area contributed by atoms with E-state index in [1.807, 2.05) is 50.2 Å². The maximum absolute atomic E-state index is 11.8. The van der Waals surface area contributed by atoms with Crippen LogP contribution in [0.15, 0.2) is 24.3 Å². The van der Waals surface area contributed by atoms with E-state index in [9.17, 15) is 4.79 Å². The molecule has 1 unspecified atom stereocenters. The van der Waals surface area contributed by atoms with Gasteiger partial charge in [0.05, 0.1) is 6.04 Å². The van der Waals surface area contributed by atoms with Crippen molar-refractivity contribution in [1.29, 1.82) is 0 Å². The van der Waals surface area contributed by atoms with Gasteiger partial charge in [0.15, 0.2) is 5.78 Å². The number of ketones is 1. The Bertz CT molecular complexity index is 330. The Balaban J connectivity index is 2.84. The van der Waals surface area contributed by atoms with Crippen molar-refractivity contribution in [3.05, 3.63) is 29.8 Å². The van der Waals surface area contributed by atoms with Crippen molar-refractivity contribution >= 4 is 11.5 Å². The summed E-state index contributed by atoms with van der Waals surface area (Å²) < 4.78 is 0. The quantitative estimate of drug-likeness (QED) is 0.758. The highest BCUT2D eigenvalue weighted by molar-refractivity contribution is 6.00. The first-order valence-corrected chi connectivity index (χ1v) is 5.05. The van der Waals surface area contributed by atoms with Crippen LogP contribution in [0.25, 0.3) is 0 Å². The molecule has 0 radical (unpaired) electrons. The van der Waals surface area contributed by atoms with Crippen molar-refractivity contribution in [3.8, 4) is 0 Å². The van der Waals surface area contributed by atoms with E-state index in [-0.39, 0.29) is 11.8 Å². The van der Waals surface area contributed by atoms with Gasteiger partial charge in [-0.05, 0) is 38.2 Å². The molecule has 0 saturated heterocycles. The molecule has 0 aromatic heterocycles. The largest absolute Gasteiger partial charge is 0.378 e. The minimum Gasteiger partial charge on any atom is -0.378 e. The van der Waals surface area contributed by atoms with Gasteiger partial charge in [-0.3, -0.25) is 4.79 Å². The molecule has 0 heterocycles. The third kappa shape index (κ3) is 2.80. The summed E-state index contributed by atoms with van der Waals surface area (Å²) in [7, 11) is 5.75. The summed E-state index contributed by atoms with van der Waals surface area (Å²) in [5.41, 5.74) is 1.85. The maximum Gasteiger partial charge on any atom is 0.179 e. The van der Waals surface area contributed by atoms with Gasteiger partial charge in [0.1, 0.15) is 0 Å². The zero-order chi connectivity index (χ0) is 11.4. The number of carbonyl (C=O) groups excluding carboxylic acids is 1. The highest BCUT2D eigenvalue weighted by Gasteiger charge is 2.12. The average molecular weight is 206 g/mol. The van der Waals surface area contributed by atoms with E-state index < -0.39 is 0 Å². The Hall–Kier alpha value is -1.35. The molecule has 15 heavy (non-hydrogen) atoms. The highest BCUT2D eigenvalue weighted by Crippen LogP contribution is 2.13. The SMILES string of the molecule is CNC(C)C(=O)c1ccc(N(C)C)cc1. The normalized spacial score (nSPS) is 12.3. The number of hydrogen-bond donors (Lipinski definition) is 1. The topological polar surface area (TPSA) is 32.3 Å². The fourth-order valence-electron chi connectivity index (χ4n) is 1.30. The van der Waals surface area contributed by atoms with Gasteiger partial charge in [0, 0.05) is 25.3 Å². The van der Waals surface area contributed by atoms with Crippen LogP contribution in [0.5, 0.6) is 0 Å². The maximum atomic E-state index is 11.8. The summed E-state index contributed by atoms with van der Waals surface area (Å²) in [5.74, 6) is 0.128. The number of likely N-dealkylation sites (N-methyl/N-ethyl adjacent to an activating group) is 1. The third-order valence-electron chi connectivity index (χ3n) is 2.49. The van der Waals surface area contributed by atoms with Crippen molar-refractivity contribution in [2.45, 2.75) is 13.0 Å². The van der Waals surface area contributed by atoms with E-state index in [0.29, 0.717) is 0 Å². The lowest BCUT2D eigenvalue weighted by Crippen LogP contribution is -2.30. The average Bonchev–Trinajstić information content (AvgIpc) is 2.27. The van der Waals surface area contributed by atoms with Crippen LogP contribution in [0.4, 0.5) is 5.69 Å². The second-order valence-electron chi connectivity index (χ2n) is 3.82. The second-order valence-corrected chi connectivity index (χ2v) is 3.82. The molecular formula is C12H18N2O. The summed E-state index contributed by atoms with van der Waals surface area (Å²) >= 11 is 0. The minimum absolute atomic E-state index is 0.128. The van der Waals surface area contributed by atoms with Crippen LogP contribution in [0.2, 0.25) is 0 Å². The molecule has 1 rings (SSSR count). The first kappa shape index (κ1) is 11.7. The highest BCUT2D eigenvalue weighted by atomic mass is 16.1. The molecule has 82 valence electrons. The van der Waals surface area contributed by atoms with Gasteiger partial charge in [0.25, 0.3) is 0 Å². The van der Waals surface area contributed by atoms with Crippen LogP contribution in [0.1, 0.15) is 17.3 Å². The molecule has 0 aliphatic rings. The van der Waals surface area contributed by atoms with Crippen molar-refractivity contribution in [2.24, 2.45) is 0 Å². The van der Waals surface area contributed by atoms with Crippen LogP contribution in [-0.4, -0.2) is 33.0 Å².